The maximum atomic E-state index is 15.0. The molecule has 1 fully saturated rings. The van der Waals surface area contributed by atoms with E-state index in [0.717, 1.165) is 41.8 Å². The molecule has 1 saturated heterocycles. The first-order chi connectivity index (χ1) is 17.1. The van der Waals surface area contributed by atoms with Gasteiger partial charge in [0.2, 0.25) is 0 Å². The third-order valence-electron chi connectivity index (χ3n) is 6.46. The van der Waals surface area contributed by atoms with E-state index >= 15 is 0 Å². The van der Waals surface area contributed by atoms with Crippen LogP contribution in [0.25, 0.3) is 0 Å². The van der Waals surface area contributed by atoms with Crippen molar-refractivity contribution in [2.24, 2.45) is 0 Å². The van der Waals surface area contributed by atoms with Crippen molar-refractivity contribution in [3.63, 3.8) is 0 Å². The molecular formula is C25H27F4N3O4. The molecule has 2 amide bonds. The Morgan fingerprint density at radius 3 is 2.50 bits per heavy atom. The SMILES string of the molecule is O=C(O)C[C@@H](c1ccc(OC(F)F)cc1)N1CCN(CC(F)(F)Cc2ccc3c(n2)CCCC3)C1=O. The Labute approximate surface area is 205 Å². The van der Waals surface area contributed by atoms with E-state index in [9.17, 15) is 32.3 Å². The summed E-state index contributed by atoms with van der Waals surface area (Å²) in [6.45, 7) is -3.77. The second kappa shape index (κ2) is 10.7. The van der Waals surface area contributed by atoms with Crippen LogP contribution in [0.1, 0.15) is 47.8 Å². The number of benzene rings is 1. The molecule has 36 heavy (non-hydrogen) atoms. The second-order valence-corrected chi connectivity index (χ2v) is 9.11. The third-order valence-corrected chi connectivity index (χ3v) is 6.46. The topological polar surface area (TPSA) is 83.0 Å². The summed E-state index contributed by atoms with van der Waals surface area (Å²) in [4.78, 5) is 31.2. The largest absolute Gasteiger partial charge is 0.481 e. The minimum atomic E-state index is -3.22. The van der Waals surface area contributed by atoms with E-state index < -0.39 is 50.0 Å². The molecule has 11 heteroatoms. The lowest BCUT2D eigenvalue weighted by Crippen LogP contribution is -2.42. The van der Waals surface area contributed by atoms with Crippen LogP contribution in [0.3, 0.4) is 0 Å². The summed E-state index contributed by atoms with van der Waals surface area (Å²) in [7, 11) is 0. The summed E-state index contributed by atoms with van der Waals surface area (Å²) < 4.78 is 59.0. The molecule has 0 spiro atoms. The normalized spacial score (nSPS) is 16.9. The van der Waals surface area contributed by atoms with Crippen LogP contribution in [-0.2, 0) is 24.1 Å². The molecule has 1 aromatic carbocycles. The van der Waals surface area contributed by atoms with Crippen molar-refractivity contribution in [2.45, 2.75) is 57.1 Å². The molecule has 0 bridgehead atoms. The smallest absolute Gasteiger partial charge is 0.387 e. The standard InChI is InChI=1S/C25H27F4N3O4/c26-23(27)36-19-9-6-17(7-10-19)21(13-22(33)34)32-12-11-31(24(32)35)15-25(28,29)14-18-8-5-16-3-1-2-4-20(16)30-18/h5-10,21,23H,1-4,11-15H2,(H,33,34)/t21-/m0/s1. The van der Waals surface area contributed by atoms with Gasteiger partial charge in [0.1, 0.15) is 5.75 Å². The third kappa shape index (κ3) is 6.24. The molecule has 0 saturated carbocycles. The number of nitrogens with zero attached hydrogens (tertiary/aromatic N) is 3. The lowest BCUT2D eigenvalue weighted by molar-refractivity contribution is -0.138. The van der Waals surface area contributed by atoms with Gasteiger partial charge in [0.05, 0.1) is 25.4 Å². The van der Waals surface area contributed by atoms with Gasteiger partial charge in [-0.05, 0) is 55.0 Å². The summed E-state index contributed by atoms with van der Waals surface area (Å²) >= 11 is 0. The number of amides is 2. The Morgan fingerprint density at radius 2 is 1.81 bits per heavy atom. The van der Waals surface area contributed by atoms with Crippen molar-refractivity contribution >= 4 is 12.0 Å². The summed E-state index contributed by atoms with van der Waals surface area (Å²) in [6, 6.07) is 7.08. The van der Waals surface area contributed by atoms with Crippen molar-refractivity contribution in [3.05, 3.63) is 58.9 Å². The van der Waals surface area contributed by atoms with Gasteiger partial charge in [-0.2, -0.15) is 8.78 Å². The molecule has 4 rings (SSSR count). The lowest BCUT2D eigenvalue weighted by Gasteiger charge is -2.28. The van der Waals surface area contributed by atoms with E-state index in [-0.39, 0.29) is 24.5 Å². The number of carbonyl (C=O) groups excluding carboxylic acids is 1. The first-order valence-corrected chi connectivity index (χ1v) is 11.8. The van der Waals surface area contributed by atoms with Gasteiger partial charge in [0.15, 0.2) is 0 Å². The Kier molecular flexibility index (Phi) is 7.65. The number of halogens is 4. The van der Waals surface area contributed by atoms with E-state index in [0.29, 0.717) is 5.56 Å². The van der Waals surface area contributed by atoms with Crippen LogP contribution in [0.15, 0.2) is 36.4 Å². The molecule has 1 aliphatic heterocycles. The van der Waals surface area contributed by atoms with Crippen LogP contribution in [-0.4, -0.2) is 64.1 Å². The van der Waals surface area contributed by atoms with Crippen LogP contribution >= 0.6 is 0 Å². The number of alkyl halides is 4. The van der Waals surface area contributed by atoms with E-state index in [1.807, 2.05) is 6.07 Å². The van der Waals surface area contributed by atoms with Crippen molar-refractivity contribution in [2.75, 3.05) is 19.6 Å². The molecule has 7 nitrogen and oxygen atoms in total. The number of aromatic nitrogens is 1. The molecular weight excluding hydrogens is 482 g/mol. The summed E-state index contributed by atoms with van der Waals surface area (Å²) in [5, 5.41) is 9.36. The Morgan fingerprint density at radius 1 is 1.08 bits per heavy atom. The molecule has 1 aliphatic carbocycles. The van der Waals surface area contributed by atoms with Gasteiger partial charge < -0.3 is 19.6 Å². The van der Waals surface area contributed by atoms with Gasteiger partial charge in [-0.1, -0.05) is 18.2 Å². The number of aryl methyl sites for hydroxylation is 2. The zero-order chi connectivity index (χ0) is 25.9. The summed E-state index contributed by atoms with van der Waals surface area (Å²) in [5.74, 6) is -4.53. The van der Waals surface area contributed by atoms with Crippen LogP contribution < -0.4 is 4.74 Å². The minimum Gasteiger partial charge on any atom is -0.481 e. The van der Waals surface area contributed by atoms with E-state index in [1.165, 1.54) is 29.2 Å². The Balaban J connectivity index is 1.44. The molecule has 0 radical (unpaired) electrons. The van der Waals surface area contributed by atoms with E-state index in [2.05, 4.69) is 9.72 Å². The number of carboxylic acids is 1. The number of ether oxygens (including phenoxy) is 1. The zero-order valence-corrected chi connectivity index (χ0v) is 19.5. The predicted octanol–water partition coefficient (Wildman–Crippen LogP) is 4.69. The number of hydrogen-bond donors (Lipinski definition) is 1. The van der Waals surface area contributed by atoms with Crippen LogP contribution in [0.4, 0.5) is 22.4 Å². The monoisotopic (exact) mass is 509 g/mol. The van der Waals surface area contributed by atoms with Gasteiger partial charge in [-0.25, -0.2) is 13.6 Å². The van der Waals surface area contributed by atoms with E-state index in [4.69, 9.17) is 0 Å². The predicted molar refractivity (Wildman–Crippen MR) is 121 cm³/mol. The first-order valence-electron chi connectivity index (χ1n) is 11.8. The molecule has 1 aromatic heterocycles. The average Bonchev–Trinajstić information content (AvgIpc) is 3.16. The Bertz CT molecular complexity index is 1100. The highest BCUT2D eigenvalue weighted by molar-refractivity contribution is 5.78. The quantitative estimate of drug-likeness (QED) is 0.470. The molecule has 194 valence electrons. The number of fused-ring (bicyclic) bond motifs is 1. The van der Waals surface area contributed by atoms with E-state index in [1.54, 1.807) is 6.07 Å². The summed E-state index contributed by atoms with van der Waals surface area (Å²) in [6.07, 6.45) is 2.65. The van der Waals surface area contributed by atoms with Crippen molar-refractivity contribution in [3.8, 4) is 5.75 Å². The van der Waals surface area contributed by atoms with Gasteiger partial charge in [0.25, 0.3) is 5.92 Å². The number of rotatable bonds is 10. The second-order valence-electron chi connectivity index (χ2n) is 9.11. The minimum absolute atomic E-state index is 0.00867. The van der Waals surface area contributed by atoms with Gasteiger partial charge >= 0.3 is 18.6 Å². The molecule has 1 N–H and O–H groups in total. The highest BCUT2D eigenvalue weighted by Crippen LogP contribution is 2.32. The van der Waals surface area contributed by atoms with Crippen LogP contribution in [0, 0.1) is 0 Å². The molecule has 0 unspecified atom stereocenters. The van der Waals surface area contributed by atoms with Gasteiger partial charge in [0, 0.05) is 24.5 Å². The number of pyridine rings is 1. The molecule has 1 atom stereocenters. The fourth-order valence-corrected chi connectivity index (χ4v) is 4.81. The maximum Gasteiger partial charge on any atom is 0.387 e. The fraction of sp³-hybridized carbons (Fsp3) is 0.480. The number of aliphatic carboxylic acids is 1. The maximum absolute atomic E-state index is 15.0. The fourth-order valence-electron chi connectivity index (χ4n) is 4.81. The Hall–Kier alpha value is -3.37. The number of carboxylic acid groups (broad SMARTS) is 1. The van der Waals surface area contributed by atoms with Gasteiger partial charge in [-0.3, -0.25) is 9.78 Å². The molecule has 2 aromatic rings. The highest BCUT2D eigenvalue weighted by Gasteiger charge is 2.41. The number of urea groups is 1. The lowest BCUT2D eigenvalue weighted by atomic mass is 9.95. The molecule has 2 heterocycles. The van der Waals surface area contributed by atoms with Crippen LogP contribution in [0.5, 0.6) is 5.75 Å². The summed E-state index contributed by atoms with van der Waals surface area (Å²) in [5.41, 5.74) is 2.61. The van der Waals surface area contributed by atoms with Crippen molar-refractivity contribution in [1.29, 1.82) is 0 Å². The first kappa shape index (κ1) is 25.7. The van der Waals surface area contributed by atoms with Gasteiger partial charge in [-0.15, -0.1) is 0 Å². The molecule has 2 aliphatic rings. The number of hydrogen-bond acceptors (Lipinski definition) is 4. The highest BCUT2D eigenvalue weighted by atomic mass is 19.3. The zero-order valence-electron chi connectivity index (χ0n) is 19.5. The van der Waals surface area contributed by atoms with Crippen molar-refractivity contribution in [1.82, 2.24) is 14.8 Å². The average molecular weight is 510 g/mol. The van der Waals surface area contributed by atoms with Crippen LogP contribution in [0.2, 0.25) is 0 Å². The number of carbonyl (C=O) groups is 2. The van der Waals surface area contributed by atoms with Crippen molar-refractivity contribution < 1.29 is 37.0 Å².